The Labute approximate surface area is 139 Å². The van der Waals surface area contributed by atoms with Crippen LogP contribution in [-0.4, -0.2) is 20.1 Å². The molecule has 6 heteroatoms. The van der Waals surface area contributed by atoms with Gasteiger partial charge in [0.05, 0.1) is 19.8 Å². The number of hydrogen-bond donors (Lipinski definition) is 1. The Morgan fingerprint density at radius 3 is 2.38 bits per heavy atom. The van der Waals surface area contributed by atoms with Crippen molar-refractivity contribution >= 4 is 43.5 Å². The minimum absolute atomic E-state index is 0.235. The number of benzene rings is 2. The minimum Gasteiger partial charge on any atom is -0.497 e. The summed E-state index contributed by atoms with van der Waals surface area (Å²) in [5, 5.41) is 2.83. The van der Waals surface area contributed by atoms with Crippen LogP contribution in [0.15, 0.2) is 45.3 Å². The van der Waals surface area contributed by atoms with Gasteiger partial charge >= 0.3 is 0 Å². The monoisotopic (exact) mass is 413 g/mol. The second-order valence-corrected chi connectivity index (χ2v) is 5.95. The molecule has 0 spiro atoms. The van der Waals surface area contributed by atoms with Gasteiger partial charge in [0.1, 0.15) is 11.5 Å². The minimum atomic E-state index is -0.235. The number of anilines is 1. The van der Waals surface area contributed by atoms with E-state index in [1.54, 1.807) is 44.6 Å². The van der Waals surface area contributed by atoms with Crippen molar-refractivity contribution in [3.8, 4) is 11.5 Å². The quantitative estimate of drug-likeness (QED) is 0.802. The summed E-state index contributed by atoms with van der Waals surface area (Å²) in [4.78, 5) is 12.4. The van der Waals surface area contributed by atoms with Gasteiger partial charge in [-0.1, -0.05) is 15.9 Å². The third-order valence-electron chi connectivity index (χ3n) is 2.78. The molecule has 0 aliphatic carbocycles. The Morgan fingerprint density at radius 1 is 1.00 bits per heavy atom. The van der Waals surface area contributed by atoms with Crippen molar-refractivity contribution in [2.75, 3.05) is 19.5 Å². The SMILES string of the molecule is COc1cc(Br)cc(NC(=O)c2cc(OC)ccc2Br)c1. The van der Waals surface area contributed by atoms with Crippen LogP contribution in [0.4, 0.5) is 5.69 Å². The summed E-state index contributed by atoms with van der Waals surface area (Å²) in [5.74, 6) is 1.04. The van der Waals surface area contributed by atoms with Crippen LogP contribution in [0.1, 0.15) is 10.4 Å². The van der Waals surface area contributed by atoms with Gasteiger partial charge in [-0.25, -0.2) is 0 Å². The van der Waals surface area contributed by atoms with Crippen molar-refractivity contribution in [3.05, 3.63) is 50.9 Å². The second kappa shape index (κ2) is 6.95. The summed E-state index contributed by atoms with van der Waals surface area (Å²) in [7, 11) is 3.14. The first-order valence-corrected chi connectivity index (χ1v) is 7.61. The van der Waals surface area contributed by atoms with Gasteiger partial charge in [0.25, 0.3) is 5.91 Å². The van der Waals surface area contributed by atoms with Gasteiger partial charge in [-0.2, -0.15) is 0 Å². The lowest BCUT2D eigenvalue weighted by Crippen LogP contribution is -2.12. The zero-order valence-electron chi connectivity index (χ0n) is 11.4. The number of methoxy groups -OCH3 is 2. The molecule has 4 nitrogen and oxygen atoms in total. The van der Waals surface area contributed by atoms with Gasteiger partial charge < -0.3 is 14.8 Å². The molecule has 2 rings (SSSR count). The molecule has 0 radical (unpaired) electrons. The predicted molar refractivity (Wildman–Crippen MR) is 89.3 cm³/mol. The fourth-order valence-electron chi connectivity index (χ4n) is 1.76. The number of carbonyl (C=O) groups is 1. The van der Waals surface area contributed by atoms with E-state index in [0.717, 1.165) is 4.47 Å². The first-order valence-electron chi connectivity index (χ1n) is 6.03. The second-order valence-electron chi connectivity index (χ2n) is 4.18. The highest BCUT2D eigenvalue weighted by atomic mass is 79.9. The molecule has 0 bridgehead atoms. The molecule has 1 N–H and O–H groups in total. The number of hydrogen-bond acceptors (Lipinski definition) is 3. The topological polar surface area (TPSA) is 47.6 Å². The maximum absolute atomic E-state index is 12.4. The highest BCUT2D eigenvalue weighted by Crippen LogP contribution is 2.27. The van der Waals surface area contributed by atoms with E-state index in [-0.39, 0.29) is 5.91 Å². The molecule has 0 atom stereocenters. The Balaban J connectivity index is 2.27. The average molecular weight is 415 g/mol. The van der Waals surface area contributed by atoms with Gasteiger partial charge in [-0.15, -0.1) is 0 Å². The van der Waals surface area contributed by atoms with E-state index in [1.165, 1.54) is 0 Å². The van der Waals surface area contributed by atoms with E-state index in [1.807, 2.05) is 6.07 Å². The molecular weight excluding hydrogens is 402 g/mol. The summed E-state index contributed by atoms with van der Waals surface area (Å²) in [6.45, 7) is 0. The Kier molecular flexibility index (Phi) is 5.25. The van der Waals surface area contributed by atoms with E-state index in [2.05, 4.69) is 37.2 Å². The highest BCUT2D eigenvalue weighted by molar-refractivity contribution is 9.10. The average Bonchev–Trinajstić information content (AvgIpc) is 2.46. The van der Waals surface area contributed by atoms with Crippen LogP contribution in [-0.2, 0) is 0 Å². The largest absolute Gasteiger partial charge is 0.497 e. The van der Waals surface area contributed by atoms with Gasteiger partial charge in [-0.3, -0.25) is 4.79 Å². The molecular formula is C15H13Br2NO3. The molecule has 0 aromatic heterocycles. The van der Waals surface area contributed by atoms with E-state index >= 15 is 0 Å². The van der Waals surface area contributed by atoms with Crippen molar-refractivity contribution in [2.45, 2.75) is 0 Å². The highest BCUT2D eigenvalue weighted by Gasteiger charge is 2.12. The van der Waals surface area contributed by atoms with Crippen LogP contribution in [0.25, 0.3) is 0 Å². The number of halogens is 2. The lowest BCUT2D eigenvalue weighted by Gasteiger charge is -2.10. The van der Waals surface area contributed by atoms with Crippen molar-refractivity contribution in [2.24, 2.45) is 0 Å². The summed E-state index contributed by atoms with van der Waals surface area (Å²) in [6, 6.07) is 10.6. The Bertz CT molecular complexity index is 674. The van der Waals surface area contributed by atoms with Crippen molar-refractivity contribution in [1.82, 2.24) is 0 Å². The Hall–Kier alpha value is -1.53. The lowest BCUT2D eigenvalue weighted by atomic mass is 10.2. The number of rotatable bonds is 4. The third-order valence-corrected chi connectivity index (χ3v) is 3.93. The molecule has 2 aromatic rings. The maximum Gasteiger partial charge on any atom is 0.256 e. The van der Waals surface area contributed by atoms with Crippen LogP contribution >= 0.6 is 31.9 Å². The zero-order valence-corrected chi connectivity index (χ0v) is 14.6. The van der Waals surface area contributed by atoms with Gasteiger partial charge in [0.2, 0.25) is 0 Å². The van der Waals surface area contributed by atoms with E-state index in [4.69, 9.17) is 9.47 Å². The van der Waals surface area contributed by atoms with Gasteiger partial charge in [0, 0.05) is 20.7 Å². The zero-order chi connectivity index (χ0) is 15.4. The molecule has 0 unspecified atom stereocenters. The number of ether oxygens (including phenoxy) is 2. The first kappa shape index (κ1) is 15.9. The van der Waals surface area contributed by atoms with E-state index in [9.17, 15) is 4.79 Å². The molecule has 21 heavy (non-hydrogen) atoms. The molecule has 0 saturated heterocycles. The van der Waals surface area contributed by atoms with Crippen molar-refractivity contribution in [1.29, 1.82) is 0 Å². The van der Waals surface area contributed by atoms with Crippen LogP contribution in [0.5, 0.6) is 11.5 Å². The smallest absolute Gasteiger partial charge is 0.256 e. The first-order chi connectivity index (χ1) is 10.0. The standard InChI is InChI=1S/C15H13Br2NO3/c1-20-11-3-4-14(17)13(8-11)15(19)18-10-5-9(16)6-12(7-10)21-2/h3-8H,1-2H3,(H,18,19). The predicted octanol–water partition coefficient (Wildman–Crippen LogP) is 4.48. The number of amides is 1. The van der Waals surface area contributed by atoms with Crippen LogP contribution < -0.4 is 14.8 Å². The summed E-state index contributed by atoms with van der Waals surface area (Å²) < 4.78 is 11.8. The van der Waals surface area contributed by atoms with E-state index in [0.29, 0.717) is 27.2 Å². The summed E-state index contributed by atoms with van der Waals surface area (Å²) >= 11 is 6.74. The van der Waals surface area contributed by atoms with Crippen LogP contribution in [0.2, 0.25) is 0 Å². The fraction of sp³-hybridized carbons (Fsp3) is 0.133. The molecule has 0 aliphatic heterocycles. The van der Waals surface area contributed by atoms with Gasteiger partial charge in [0.15, 0.2) is 0 Å². The van der Waals surface area contributed by atoms with Crippen LogP contribution in [0, 0.1) is 0 Å². The summed E-state index contributed by atoms with van der Waals surface area (Å²) in [5.41, 5.74) is 1.13. The number of carbonyl (C=O) groups excluding carboxylic acids is 1. The fourth-order valence-corrected chi connectivity index (χ4v) is 2.66. The molecule has 2 aromatic carbocycles. The van der Waals surface area contributed by atoms with Gasteiger partial charge in [-0.05, 0) is 46.3 Å². The number of nitrogens with one attached hydrogen (secondary N) is 1. The molecule has 1 amide bonds. The molecule has 0 aliphatic rings. The maximum atomic E-state index is 12.4. The van der Waals surface area contributed by atoms with Crippen LogP contribution in [0.3, 0.4) is 0 Å². The normalized spacial score (nSPS) is 10.1. The van der Waals surface area contributed by atoms with E-state index < -0.39 is 0 Å². The molecule has 110 valence electrons. The molecule has 0 saturated carbocycles. The Morgan fingerprint density at radius 2 is 1.71 bits per heavy atom. The van der Waals surface area contributed by atoms with Crippen molar-refractivity contribution in [3.63, 3.8) is 0 Å². The summed E-state index contributed by atoms with van der Waals surface area (Å²) in [6.07, 6.45) is 0. The molecule has 0 fully saturated rings. The van der Waals surface area contributed by atoms with Crippen molar-refractivity contribution < 1.29 is 14.3 Å². The lowest BCUT2D eigenvalue weighted by molar-refractivity contribution is 0.102. The third kappa shape index (κ3) is 3.98. The molecule has 0 heterocycles.